The maximum Gasteiger partial charge on any atom is 0.289 e. The summed E-state index contributed by atoms with van der Waals surface area (Å²) in [5, 5.41) is 20.1. The Hall–Kier alpha value is -2.48. The van der Waals surface area contributed by atoms with E-state index >= 15 is 0 Å². The van der Waals surface area contributed by atoms with E-state index in [2.05, 4.69) is 4.98 Å². The molecule has 0 aliphatic carbocycles. The Morgan fingerprint density at radius 3 is 2.93 bits per heavy atom. The van der Waals surface area contributed by atoms with Crippen LogP contribution in [0.5, 0.6) is 0 Å². The molecular formula is C10H5N3O2. The highest BCUT2D eigenvalue weighted by Crippen LogP contribution is 2.23. The zero-order valence-electron chi connectivity index (χ0n) is 7.54. The van der Waals surface area contributed by atoms with Crippen LogP contribution in [0, 0.1) is 21.4 Å². The first-order valence-electron chi connectivity index (χ1n) is 4.15. The summed E-state index contributed by atoms with van der Waals surface area (Å²) in [4.78, 5) is 14.1. The average molecular weight is 199 g/mol. The van der Waals surface area contributed by atoms with Gasteiger partial charge in [-0.15, -0.1) is 0 Å². The molecule has 0 spiro atoms. The largest absolute Gasteiger partial charge is 0.289 e. The van der Waals surface area contributed by atoms with Gasteiger partial charge in [0.15, 0.2) is 0 Å². The Bertz CT molecular complexity index is 587. The van der Waals surface area contributed by atoms with Crippen LogP contribution >= 0.6 is 0 Å². The van der Waals surface area contributed by atoms with E-state index in [9.17, 15) is 10.1 Å². The van der Waals surface area contributed by atoms with E-state index in [1.54, 1.807) is 24.4 Å². The number of nitro groups is 1. The van der Waals surface area contributed by atoms with E-state index in [0.29, 0.717) is 5.52 Å². The molecule has 2 rings (SSSR count). The summed E-state index contributed by atoms with van der Waals surface area (Å²) in [6.07, 6.45) is 1.55. The van der Waals surface area contributed by atoms with Crippen molar-refractivity contribution in [2.45, 2.75) is 0 Å². The van der Waals surface area contributed by atoms with Gasteiger partial charge < -0.3 is 0 Å². The zero-order chi connectivity index (χ0) is 10.8. The van der Waals surface area contributed by atoms with Gasteiger partial charge >= 0.3 is 0 Å². The van der Waals surface area contributed by atoms with Gasteiger partial charge in [-0.25, -0.2) is 0 Å². The minimum Gasteiger partial charge on any atom is -0.258 e. The van der Waals surface area contributed by atoms with Crippen LogP contribution in [-0.2, 0) is 0 Å². The van der Waals surface area contributed by atoms with Crippen LogP contribution in [0.3, 0.4) is 0 Å². The van der Waals surface area contributed by atoms with Crippen LogP contribution in [-0.4, -0.2) is 9.91 Å². The third kappa shape index (κ3) is 1.48. The highest BCUT2D eigenvalue weighted by molar-refractivity contribution is 5.83. The number of hydrogen-bond donors (Lipinski definition) is 0. The van der Waals surface area contributed by atoms with E-state index in [0.717, 1.165) is 5.39 Å². The Morgan fingerprint density at radius 1 is 1.47 bits per heavy atom. The maximum atomic E-state index is 10.7. The van der Waals surface area contributed by atoms with Crippen molar-refractivity contribution in [3.63, 3.8) is 0 Å². The number of nitro benzene ring substituents is 1. The van der Waals surface area contributed by atoms with Crippen LogP contribution in [0.25, 0.3) is 10.9 Å². The summed E-state index contributed by atoms with van der Waals surface area (Å²) in [5.41, 5.74) is 0.368. The van der Waals surface area contributed by atoms with Gasteiger partial charge in [-0.05, 0) is 12.1 Å². The molecule has 0 radical (unpaired) electrons. The summed E-state index contributed by atoms with van der Waals surface area (Å²) < 4.78 is 0. The molecule has 2 aromatic rings. The number of fused-ring (bicyclic) bond motifs is 1. The Kier molecular flexibility index (Phi) is 2.03. The summed E-state index contributed by atoms with van der Waals surface area (Å²) in [7, 11) is 0. The number of nitrogens with zero attached hydrogens (tertiary/aromatic N) is 3. The molecule has 0 amide bonds. The normalized spacial score (nSPS) is 9.80. The Labute approximate surface area is 84.7 Å². The Morgan fingerprint density at radius 2 is 2.27 bits per heavy atom. The number of aromatic nitrogens is 1. The molecule has 0 saturated carbocycles. The first-order chi connectivity index (χ1) is 7.22. The second kappa shape index (κ2) is 3.35. The molecule has 0 atom stereocenters. The van der Waals surface area contributed by atoms with Crippen LogP contribution in [0.4, 0.5) is 5.69 Å². The maximum absolute atomic E-state index is 10.7. The third-order valence-corrected chi connectivity index (χ3v) is 2.04. The number of hydrogen-bond acceptors (Lipinski definition) is 4. The number of nitriles is 1. The van der Waals surface area contributed by atoms with Gasteiger partial charge in [0.1, 0.15) is 11.6 Å². The molecule has 15 heavy (non-hydrogen) atoms. The highest BCUT2D eigenvalue weighted by Gasteiger charge is 2.14. The van der Waals surface area contributed by atoms with Crippen LogP contribution in [0.2, 0.25) is 0 Å². The van der Waals surface area contributed by atoms with Gasteiger partial charge in [-0.1, -0.05) is 6.07 Å². The molecule has 0 N–H and O–H groups in total. The van der Waals surface area contributed by atoms with Crippen molar-refractivity contribution in [1.82, 2.24) is 4.98 Å². The standard InChI is InChI=1S/C10H5N3O2/c11-6-8-4-7-2-1-3-12-9(7)5-10(8)13(14)15/h1-5H. The van der Waals surface area contributed by atoms with E-state index < -0.39 is 4.92 Å². The topological polar surface area (TPSA) is 79.8 Å². The average Bonchev–Trinajstić information content (AvgIpc) is 2.27. The fourth-order valence-corrected chi connectivity index (χ4v) is 1.35. The molecule has 1 aromatic carbocycles. The van der Waals surface area contributed by atoms with Crippen molar-refractivity contribution in [2.24, 2.45) is 0 Å². The lowest BCUT2D eigenvalue weighted by Crippen LogP contribution is -1.93. The molecule has 0 fully saturated rings. The highest BCUT2D eigenvalue weighted by atomic mass is 16.6. The molecule has 5 heteroatoms. The molecule has 5 nitrogen and oxygen atoms in total. The molecule has 1 aromatic heterocycles. The lowest BCUT2D eigenvalue weighted by molar-refractivity contribution is -0.385. The summed E-state index contributed by atoms with van der Waals surface area (Å²) in [6.45, 7) is 0. The van der Waals surface area contributed by atoms with Crippen LogP contribution in [0.1, 0.15) is 5.56 Å². The SMILES string of the molecule is N#Cc1cc2cccnc2cc1[N+](=O)[O-]. The predicted octanol–water partition coefficient (Wildman–Crippen LogP) is 2.01. The first-order valence-corrected chi connectivity index (χ1v) is 4.15. The molecule has 0 saturated heterocycles. The van der Waals surface area contributed by atoms with Crippen molar-refractivity contribution in [3.8, 4) is 6.07 Å². The van der Waals surface area contributed by atoms with E-state index in [-0.39, 0.29) is 11.3 Å². The number of pyridine rings is 1. The molecule has 0 bridgehead atoms. The summed E-state index contributed by atoms with van der Waals surface area (Å²) >= 11 is 0. The van der Waals surface area contributed by atoms with E-state index in [1.165, 1.54) is 12.1 Å². The summed E-state index contributed by atoms with van der Waals surface area (Å²) in [6, 6.07) is 8.06. The van der Waals surface area contributed by atoms with Gasteiger partial charge in [-0.3, -0.25) is 15.1 Å². The molecule has 0 aliphatic heterocycles. The van der Waals surface area contributed by atoms with Gasteiger partial charge in [0.25, 0.3) is 5.69 Å². The number of rotatable bonds is 1. The minimum atomic E-state index is -0.577. The van der Waals surface area contributed by atoms with E-state index in [4.69, 9.17) is 5.26 Å². The Balaban J connectivity index is 2.82. The quantitative estimate of drug-likeness (QED) is 0.519. The molecular weight excluding hydrogens is 194 g/mol. The van der Waals surface area contributed by atoms with Gasteiger partial charge in [0.05, 0.1) is 10.4 Å². The zero-order valence-corrected chi connectivity index (χ0v) is 7.54. The molecule has 0 aliphatic rings. The van der Waals surface area contributed by atoms with Crippen LogP contribution in [0.15, 0.2) is 30.5 Å². The van der Waals surface area contributed by atoms with Crippen LogP contribution < -0.4 is 0 Å². The van der Waals surface area contributed by atoms with Gasteiger partial charge in [0, 0.05) is 17.6 Å². The lowest BCUT2D eigenvalue weighted by Gasteiger charge is -1.98. The van der Waals surface area contributed by atoms with Crippen molar-refractivity contribution in [3.05, 3.63) is 46.1 Å². The second-order valence-corrected chi connectivity index (χ2v) is 2.93. The molecule has 72 valence electrons. The lowest BCUT2D eigenvalue weighted by atomic mass is 10.1. The fourth-order valence-electron chi connectivity index (χ4n) is 1.35. The molecule has 0 unspecified atom stereocenters. The monoisotopic (exact) mass is 199 g/mol. The van der Waals surface area contributed by atoms with Gasteiger partial charge in [0.2, 0.25) is 0 Å². The van der Waals surface area contributed by atoms with Gasteiger partial charge in [-0.2, -0.15) is 5.26 Å². The van der Waals surface area contributed by atoms with Crippen molar-refractivity contribution in [2.75, 3.05) is 0 Å². The van der Waals surface area contributed by atoms with Crippen molar-refractivity contribution < 1.29 is 4.92 Å². The van der Waals surface area contributed by atoms with E-state index in [1.807, 2.05) is 0 Å². The second-order valence-electron chi connectivity index (χ2n) is 2.93. The summed E-state index contributed by atoms with van der Waals surface area (Å²) in [5.74, 6) is 0. The predicted molar refractivity (Wildman–Crippen MR) is 53.1 cm³/mol. The molecule has 1 heterocycles. The smallest absolute Gasteiger partial charge is 0.258 e. The minimum absolute atomic E-state index is 0.0560. The number of benzene rings is 1. The van der Waals surface area contributed by atoms with Crippen molar-refractivity contribution in [1.29, 1.82) is 5.26 Å². The fraction of sp³-hybridized carbons (Fsp3) is 0. The van der Waals surface area contributed by atoms with Crippen molar-refractivity contribution >= 4 is 16.6 Å². The third-order valence-electron chi connectivity index (χ3n) is 2.04. The first kappa shape index (κ1) is 9.09.